The van der Waals surface area contributed by atoms with Crippen molar-refractivity contribution in [3.8, 4) is 0 Å². The minimum atomic E-state index is -0.262. The molecule has 1 heterocycles. The first-order valence-electron chi connectivity index (χ1n) is 7.43. The maximum atomic E-state index is 12.4. The number of carbonyl (C=O) groups excluding carboxylic acids is 1. The lowest BCUT2D eigenvalue weighted by molar-refractivity contribution is -0.130. The molecular formula is C15H27N3O. The summed E-state index contributed by atoms with van der Waals surface area (Å²) >= 11 is 0. The van der Waals surface area contributed by atoms with Crippen LogP contribution < -0.4 is 5.73 Å². The molecule has 1 fully saturated rings. The van der Waals surface area contributed by atoms with Gasteiger partial charge in [0.25, 0.3) is 0 Å². The van der Waals surface area contributed by atoms with Gasteiger partial charge in [-0.15, -0.1) is 0 Å². The van der Waals surface area contributed by atoms with Crippen LogP contribution in [-0.4, -0.2) is 28.9 Å². The van der Waals surface area contributed by atoms with Crippen molar-refractivity contribution in [2.75, 3.05) is 6.54 Å². The second-order valence-electron chi connectivity index (χ2n) is 6.80. The van der Waals surface area contributed by atoms with E-state index in [1.54, 1.807) is 4.90 Å². The van der Waals surface area contributed by atoms with Crippen LogP contribution in [0.2, 0.25) is 0 Å². The van der Waals surface area contributed by atoms with Crippen molar-refractivity contribution in [2.45, 2.75) is 59.4 Å². The monoisotopic (exact) mass is 265 g/mol. The molecule has 1 aliphatic heterocycles. The van der Waals surface area contributed by atoms with Gasteiger partial charge in [0.1, 0.15) is 0 Å². The smallest absolute Gasteiger partial charge is 0.231 e. The Morgan fingerprint density at radius 1 is 1.37 bits per heavy atom. The van der Waals surface area contributed by atoms with E-state index in [0.717, 1.165) is 19.4 Å². The lowest BCUT2D eigenvalue weighted by Crippen LogP contribution is -2.52. The van der Waals surface area contributed by atoms with Crippen LogP contribution in [0.1, 0.15) is 53.9 Å². The van der Waals surface area contributed by atoms with Crippen molar-refractivity contribution in [3.63, 3.8) is 0 Å². The van der Waals surface area contributed by atoms with Gasteiger partial charge in [-0.2, -0.15) is 0 Å². The fraction of sp³-hybridized carbons (Fsp3) is 0.867. The van der Waals surface area contributed by atoms with Crippen molar-refractivity contribution in [1.82, 2.24) is 4.90 Å². The summed E-state index contributed by atoms with van der Waals surface area (Å²) < 4.78 is 0. The second-order valence-corrected chi connectivity index (χ2v) is 6.80. The Hall–Kier alpha value is -1.06. The summed E-state index contributed by atoms with van der Waals surface area (Å²) in [5.41, 5.74) is 6.12. The summed E-state index contributed by atoms with van der Waals surface area (Å²) in [6.07, 6.45) is 2.24. The molecule has 0 radical (unpaired) electrons. The Morgan fingerprint density at radius 3 is 2.26 bits per heavy atom. The highest BCUT2D eigenvalue weighted by molar-refractivity contribution is 5.99. The molecule has 108 valence electrons. The Bertz CT molecular complexity index is 410. The highest BCUT2D eigenvalue weighted by Crippen LogP contribution is 2.58. The molecule has 0 aromatic carbocycles. The first kappa shape index (κ1) is 14.4. The third-order valence-corrected chi connectivity index (χ3v) is 5.73. The molecule has 0 spiro atoms. The van der Waals surface area contributed by atoms with Crippen LogP contribution in [0.5, 0.6) is 0 Å². The maximum Gasteiger partial charge on any atom is 0.231 e. The Morgan fingerprint density at radius 2 is 1.89 bits per heavy atom. The number of nitrogens with two attached hydrogens (primary N) is 1. The minimum absolute atomic E-state index is 0.145. The molecule has 2 N–H and O–H groups in total. The average Bonchev–Trinajstić information content (AvgIpc) is 2.82. The van der Waals surface area contributed by atoms with E-state index < -0.39 is 0 Å². The van der Waals surface area contributed by atoms with Gasteiger partial charge in [0.15, 0.2) is 5.96 Å². The molecule has 4 nitrogen and oxygen atoms in total. The van der Waals surface area contributed by atoms with E-state index in [1.807, 2.05) is 0 Å². The number of nitrogens with zero attached hydrogens (tertiary/aromatic N) is 2. The molecule has 0 saturated heterocycles. The summed E-state index contributed by atoms with van der Waals surface area (Å²) in [5.74, 6) is 1.76. The van der Waals surface area contributed by atoms with Crippen LogP contribution in [0.25, 0.3) is 0 Å². The predicted octanol–water partition coefficient (Wildman–Crippen LogP) is 2.38. The molecule has 19 heavy (non-hydrogen) atoms. The molecule has 0 aromatic rings. The van der Waals surface area contributed by atoms with E-state index in [9.17, 15) is 4.79 Å². The number of carbonyl (C=O) groups is 1. The SMILES string of the molecule is CCC1(CC)CC(=O)N(C[C@H]2[C@H](C)C2(C)C)C(N)=N1. The van der Waals surface area contributed by atoms with Gasteiger partial charge in [-0.25, -0.2) is 4.99 Å². The Labute approximate surface area is 116 Å². The highest BCUT2D eigenvalue weighted by Gasteiger charge is 2.55. The van der Waals surface area contributed by atoms with Crippen LogP contribution in [0.3, 0.4) is 0 Å². The molecule has 1 aliphatic carbocycles. The van der Waals surface area contributed by atoms with E-state index in [1.165, 1.54) is 0 Å². The van der Waals surface area contributed by atoms with E-state index in [2.05, 4.69) is 39.6 Å². The van der Waals surface area contributed by atoms with Gasteiger partial charge in [-0.3, -0.25) is 9.69 Å². The molecule has 2 rings (SSSR count). The van der Waals surface area contributed by atoms with Crippen molar-refractivity contribution in [2.24, 2.45) is 28.0 Å². The average molecular weight is 265 g/mol. The summed E-state index contributed by atoms with van der Waals surface area (Å²) in [7, 11) is 0. The molecule has 1 amide bonds. The Balaban J connectivity index is 2.14. The molecule has 2 atom stereocenters. The lowest BCUT2D eigenvalue weighted by atomic mass is 9.88. The van der Waals surface area contributed by atoms with Crippen LogP contribution in [0, 0.1) is 17.3 Å². The van der Waals surface area contributed by atoms with Gasteiger partial charge in [-0.05, 0) is 30.1 Å². The zero-order valence-corrected chi connectivity index (χ0v) is 12.9. The van der Waals surface area contributed by atoms with Crippen LogP contribution in [0.15, 0.2) is 4.99 Å². The van der Waals surface area contributed by atoms with Gasteiger partial charge >= 0.3 is 0 Å². The molecule has 0 aromatic heterocycles. The predicted molar refractivity (Wildman–Crippen MR) is 77.7 cm³/mol. The summed E-state index contributed by atoms with van der Waals surface area (Å²) in [5, 5.41) is 0. The minimum Gasteiger partial charge on any atom is -0.369 e. The molecule has 1 saturated carbocycles. The quantitative estimate of drug-likeness (QED) is 0.848. The maximum absolute atomic E-state index is 12.4. The number of amides is 1. The number of rotatable bonds is 4. The fourth-order valence-corrected chi connectivity index (χ4v) is 3.31. The number of guanidine groups is 1. The van der Waals surface area contributed by atoms with E-state index in [0.29, 0.717) is 29.6 Å². The summed E-state index contributed by atoms with van der Waals surface area (Å²) in [6, 6.07) is 0. The van der Waals surface area contributed by atoms with Crippen molar-refractivity contribution < 1.29 is 4.79 Å². The largest absolute Gasteiger partial charge is 0.369 e. The van der Waals surface area contributed by atoms with Crippen molar-refractivity contribution >= 4 is 11.9 Å². The zero-order valence-electron chi connectivity index (χ0n) is 12.9. The second kappa shape index (κ2) is 4.50. The van der Waals surface area contributed by atoms with Gasteiger partial charge in [-0.1, -0.05) is 34.6 Å². The summed E-state index contributed by atoms with van der Waals surface area (Å²) in [6.45, 7) is 11.6. The topological polar surface area (TPSA) is 58.7 Å². The van der Waals surface area contributed by atoms with Crippen molar-refractivity contribution in [3.05, 3.63) is 0 Å². The third-order valence-electron chi connectivity index (χ3n) is 5.73. The van der Waals surface area contributed by atoms with E-state index in [4.69, 9.17) is 5.73 Å². The normalized spacial score (nSPS) is 32.2. The van der Waals surface area contributed by atoms with Crippen LogP contribution in [-0.2, 0) is 4.79 Å². The number of aliphatic imine (C=N–C) groups is 1. The van der Waals surface area contributed by atoms with Crippen molar-refractivity contribution in [1.29, 1.82) is 0 Å². The van der Waals surface area contributed by atoms with Crippen LogP contribution in [0.4, 0.5) is 0 Å². The van der Waals surface area contributed by atoms with Gasteiger partial charge in [0, 0.05) is 6.54 Å². The molecule has 4 heteroatoms. The first-order chi connectivity index (χ1) is 8.77. The highest BCUT2D eigenvalue weighted by atomic mass is 16.2. The molecule has 2 aliphatic rings. The van der Waals surface area contributed by atoms with Gasteiger partial charge < -0.3 is 5.73 Å². The standard InChI is InChI=1S/C15H27N3O/c1-6-15(7-2)8-12(19)18(13(16)17-15)9-11-10(3)14(11,4)5/h10-11H,6-9H2,1-5H3,(H2,16,17)/t10-,11-/m0/s1. The van der Waals surface area contributed by atoms with E-state index in [-0.39, 0.29) is 11.4 Å². The van der Waals surface area contributed by atoms with Gasteiger partial charge in [0.2, 0.25) is 5.91 Å². The zero-order chi connectivity index (χ0) is 14.4. The Kier molecular flexibility index (Phi) is 3.40. The first-order valence-corrected chi connectivity index (χ1v) is 7.43. The van der Waals surface area contributed by atoms with Crippen LogP contribution >= 0.6 is 0 Å². The lowest BCUT2D eigenvalue weighted by Gasteiger charge is -2.36. The fourth-order valence-electron chi connectivity index (χ4n) is 3.31. The number of hydrogen-bond donors (Lipinski definition) is 1. The van der Waals surface area contributed by atoms with Gasteiger partial charge in [0.05, 0.1) is 12.0 Å². The molecule has 0 bridgehead atoms. The summed E-state index contributed by atoms with van der Waals surface area (Å²) in [4.78, 5) is 18.7. The number of hydrogen-bond acceptors (Lipinski definition) is 3. The molecular weight excluding hydrogens is 238 g/mol. The third kappa shape index (κ3) is 2.26. The molecule has 0 unspecified atom stereocenters. The van der Waals surface area contributed by atoms with E-state index >= 15 is 0 Å².